The lowest BCUT2D eigenvalue weighted by molar-refractivity contribution is -0.109. The zero-order valence-corrected chi connectivity index (χ0v) is 23.8. The number of hydrogen-bond donors (Lipinski definition) is 0. The maximum Gasteiger partial charge on any atom is 0.193 e. The Bertz CT molecular complexity index is 1340. The second-order valence-corrected chi connectivity index (χ2v) is 10.6. The number of Topliss-reactive ketones (excluding diaryl/α,β-unsaturated/α-hetero) is 1. The van der Waals surface area contributed by atoms with Crippen LogP contribution in [0.15, 0.2) is 72.8 Å². The van der Waals surface area contributed by atoms with Gasteiger partial charge in [-0.15, -0.1) is 0 Å². The van der Waals surface area contributed by atoms with E-state index in [1.807, 2.05) is 72.8 Å². The third-order valence-corrected chi connectivity index (χ3v) is 7.86. The number of nitrogens with zero attached hydrogens (tertiary/aromatic N) is 1. The number of hydrogen-bond acceptors (Lipinski definition) is 6. The number of rotatable bonds is 13. The fourth-order valence-electron chi connectivity index (χ4n) is 5.54. The average Bonchev–Trinajstić information content (AvgIpc) is 3.03. The van der Waals surface area contributed by atoms with Crippen molar-refractivity contribution in [3.05, 3.63) is 95.1 Å². The van der Waals surface area contributed by atoms with Crippen molar-refractivity contribution in [1.82, 2.24) is 4.90 Å². The summed E-state index contributed by atoms with van der Waals surface area (Å²) in [7, 11) is 0. The van der Waals surface area contributed by atoms with Crippen molar-refractivity contribution >= 4 is 23.2 Å². The molecule has 1 atom stereocenters. The van der Waals surface area contributed by atoms with Crippen LogP contribution in [-0.4, -0.2) is 63.0 Å². The molecule has 6 heteroatoms. The van der Waals surface area contributed by atoms with Crippen LogP contribution in [0.25, 0.3) is 11.1 Å². The number of ether oxygens (including phenoxy) is 3. The van der Waals surface area contributed by atoms with E-state index in [9.17, 15) is 9.59 Å². The van der Waals surface area contributed by atoms with Crippen molar-refractivity contribution in [3.8, 4) is 11.5 Å². The van der Waals surface area contributed by atoms with E-state index in [0.29, 0.717) is 30.8 Å². The van der Waals surface area contributed by atoms with Gasteiger partial charge in [0.1, 0.15) is 24.4 Å². The molecule has 3 aromatic rings. The maximum absolute atomic E-state index is 14.1. The van der Waals surface area contributed by atoms with Crippen molar-refractivity contribution in [1.29, 1.82) is 0 Å². The number of fused-ring (bicyclic) bond motifs is 1. The van der Waals surface area contributed by atoms with Gasteiger partial charge in [0.25, 0.3) is 0 Å². The smallest absolute Gasteiger partial charge is 0.193 e. The summed E-state index contributed by atoms with van der Waals surface area (Å²) in [5.41, 5.74) is 4.77. The van der Waals surface area contributed by atoms with Crippen molar-refractivity contribution < 1.29 is 23.8 Å². The van der Waals surface area contributed by atoms with Crippen LogP contribution in [0.1, 0.15) is 65.6 Å². The highest BCUT2D eigenvalue weighted by Crippen LogP contribution is 2.43. The first-order valence-electron chi connectivity index (χ1n) is 14.8. The summed E-state index contributed by atoms with van der Waals surface area (Å²) in [5.74, 6) is 1.19. The van der Waals surface area contributed by atoms with Crippen molar-refractivity contribution in [2.75, 3.05) is 46.1 Å². The summed E-state index contributed by atoms with van der Waals surface area (Å²) in [6, 6.07) is 23.1. The van der Waals surface area contributed by atoms with Crippen LogP contribution in [0, 0.1) is 0 Å². The second kappa shape index (κ2) is 14.2. The Morgan fingerprint density at radius 3 is 2.29 bits per heavy atom. The largest absolute Gasteiger partial charge is 0.494 e. The summed E-state index contributed by atoms with van der Waals surface area (Å²) in [5, 5.41) is 0. The van der Waals surface area contributed by atoms with E-state index in [1.54, 1.807) is 0 Å². The quantitative estimate of drug-likeness (QED) is 0.138. The third kappa shape index (κ3) is 7.13. The van der Waals surface area contributed by atoms with Crippen molar-refractivity contribution in [2.24, 2.45) is 0 Å². The number of carbonyl (C=O) groups is 2. The fraction of sp³-hybridized carbons (Fsp3) is 0.371. The van der Waals surface area contributed by atoms with Gasteiger partial charge >= 0.3 is 0 Å². The van der Waals surface area contributed by atoms with Crippen LogP contribution in [0.2, 0.25) is 0 Å². The lowest BCUT2D eigenvalue weighted by Crippen LogP contribution is -2.38. The van der Waals surface area contributed by atoms with Crippen LogP contribution >= 0.6 is 0 Å². The molecular weight excluding hydrogens is 514 g/mol. The molecule has 1 aliphatic carbocycles. The zero-order valence-electron chi connectivity index (χ0n) is 23.8. The third-order valence-electron chi connectivity index (χ3n) is 7.86. The van der Waals surface area contributed by atoms with E-state index in [1.165, 1.54) is 0 Å². The minimum Gasteiger partial charge on any atom is -0.494 e. The standard InChI is InChI=1S/C35H39NO5/c1-2-3-6-20-40-29-13-9-26(10-14-29)33-24-28(25-37)31-7-4-5-8-32(31)34(33)35(38)27-11-15-30(16-12-27)41-23-19-36-17-21-39-22-18-36/h4-5,7-16,25,28H,2-3,6,17-24H2,1H3. The molecule has 0 amide bonds. The highest BCUT2D eigenvalue weighted by molar-refractivity contribution is 6.35. The van der Waals surface area contributed by atoms with E-state index >= 15 is 0 Å². The fourth-order valence-corrected chi connectivity index (χ4v) is 5.54. The van der Waals surface area contributed by atoms with Gasteiger partial charge in [-0.2, -0.15) is 0 Å². The normalized spacial score (nSPS) is 17.1. The molecule has 0 aromatic heterocycles. The van der Waals surface area contributed by atoms with Gasteiger partial charge in [0.2, 0.25) is 0 Å². The molecule has 0 saturated carbocycles. The molecule has 0 radical (unpaired) electrons. The average molecular weight is 554 g/mol. The number of aldehydes is 1. The number of unbranched alkanes of at least 4 members (excludes halogenated alkanes) is 2. The summed E-state index contributed by atoms with van der Waals surface area (Å²) in [6.45, 7) is 7.67. The molecule has 1 fully saturated rings. The lowest BCUT2D eigenvalue weighted by Gasteiger charge is -2.27. The highest BCUT2D eigenvalue weighted by atomic mass is 16.5. The van der Waals surface area contributed by atoms with Gasteiger partial charge in [-0.3, -0.25) is 9.69 Å². The topological polar surface area (TPSA) is 65.1 Å². The highest BCUT2D eigenvalue weighted by Gasteiger charge is 2.31. The van der Waals surface area contributed by atoms with Gasteiger partial charge in [-0.1, -0.05) is 56.2 Å². The molecule has 214 valence electrons. The molecule has 41 heavy (non-hydrogen) atoms. The molecule has 1 aliphatic heterocycles. The predicted molar refractivity (Wildman–Crippen MR) is 162 cm³/mol. The molecule has 0 bridgehead atoms. The van der Waals surface area contributed by atoms with Gasteiger partial charge in [0.15, 0.2) is 5.78 Å². The predicted octanol–water partition coefficient (Wildman–Crippen LogP) is 6.45. The molecule has 1 heterocycles. The first kappa shape index (κ1) is 28.8. The molecule has 2 aliphatic rings. The summed E-state index contributed by atoms with van der Waals surface area (Å²) < 4.78 is 17.3. The molecule has 0 spiro atoms. The zero-order chi connectivity index (χ0) is 28.4. The number of morpholine rings is 1. The lowest BCUT2D eigenvalue weighted by atomic mass is 9.75. The van der Waals surface area contributed by atoms with Crippen LogP contribution in [0.4, 0.5) is 0 Å². The molecule has 1 unspecified atom stereocenters. The Morgan fingerprint density at radius 2 is 1.59 bits per heavy atom. The number of ketones is 1. The Labute approximate surface area is 242 Å². The monoisotopic (exact) mass is 553 g/mol. The first-order chi connectivity index (χ1) is 20.2. The second-order valence-electron chi connectivity index (χ2n) is 10.6. The Balaban J connectivity index is 1.38. The van der Waals surface area contributed by atoms with Crippen LogP contribution in [0.5, 0.6) is 11.5 Å². The first-order valence-corrected chi connectivity index (χ1v) is 14.8. The molecular formula is C35H39NO5. The van der Waals surface area contributed by atoms with E-state index in [-0.39, 0.29) is 11.7 Å². The van der Waals surface area contributed by atoms with Gasteiger partial charge in [0.05, 0.1) is 19.8 Å². The molecule has 6 nitrogen and oxygen atoms in total. The van der Waals surface area contributed by atoms with Gasteiger partial charge in [0, 0.05) is 36.7 Å². The van der Waals surface area contributed by atoms with Gasteiger partial charge in [-0.25, -0.2) is 0 Å². The van der Waals surface area contributed by atoms with E-state index in [2.05, 4.69) is 11.8 Å². The summed E-state index contributed by atoms with van der Waals surface area (Å²) in [6.07, 6.45) is 4.79. The number of benzene rings is 3. The Kier molecular flexibility index (Phi) is 10.00. The molecule has 5 rings (SSSR count). The van der Waals surface area contributed by atoms with Crippen LogP contribution in [0.3, 0.4) is 0 Å². The van der Waals surface area contributed by atoms with Gasteiger partial charge in [-0.05, 0) is 71.5 Å². The van der Waals surface area contributed by atoms with Crippen LogP contribution < -0.4 is 9.47 Å². The van der Waals surface area contributed by atoms with Crippen molar-refractivity contribution in [2.45, 2.75) is 38.5 Å². The van der Waals surface area contributed by atoms with E-state index in [4.69, 9.17) is 14.2 Å². The van der Waals surface area contributed by atoms with E-state index in [0.717, 1.165) is 92.2 Å². The molecule has 0 N–H and O–H groups in total. The summed E-state index contributed by atoms with van der Waals surface area (Å²) in [4.78, 5) is 28.6. The van der Waals surface area contributed by atoms with Crippen LogP contribution in [-0.2, 0) is 9.53 Å². The molecule has 3 aromatic carbocycles. The minimum atomic E-state index is -0.301. The Morgan fingerprint density at radius 1 is 0.902 bits per heavy atom. The number of carbonyl (C=O) groups excluding carboxylic acids is 2. The van der Waals surface area contributed by atoms with E-state index < -0.39 is 0 Å². The van der Waals surface area contributed by atoms with Crippen molar-refractivity contribution in [3.63, 3.8) is 0 Å². The SMILES string of the molecule is CCCCCOc1ccc(C2=C(C(=O)c3ccc(OCCN4CCOCC4)cc3)c3ccccc3C(C=O)C2)cc1. The summed E-state index contributed by atoms with van der Waals surface area (Å²) >= 11 is 0. The number of allylic oxidation sites excluding steroid dienone is 2. The minimum absolute atomic E-state index is 0.0587. The molecule has 1 saturated heterocycles. The Hall–Kier alpha value is -3.74. The van der Waals surface area contributed by atoms with Gasteiger partial charge < -0.3 is 19.0 Å². The maximum atomic E-state index is 14.1.